The number of tetrazole rings is 1. The largest absolute Gasteiger partial charge is 0.477 e. The number of amidine groups is 1. The molecule has 1 aromatic heterocycles. The van der Waals surface area contributed by atoms with Gasteiger partial charge in [-0.1, -0.05) is 6.92 Å². The maximum absolute atomic E-state index is 13.2. The molecule has 0 bridgehead atoms. The second-order valence-electron chi connectivity index (χ2n) is 11.2. The maximum Gasteiger partial charge on any atom is 0.353 e. The molecule has 5 aliphatic heterocycles. The molecule has 3 saturated heterocycles. The third-order valence-corrected chi connectivity index (χ3v) is 10.1. The molecule has 5 N–H and O–H groups in total. The average molecular weight is 573 g/mol. The van der Waals surface area contributed by atoms with Crippen molar-refractivity contribution in [2.24, 2.45) is 28.5 Å². The molecule has 8 atom stereocenters. The molecule has 0 aliphatic carbocycles. The highest BCUT2D eigenvalue weighted by atomic mass is 32.2. The number of aromatic nitrogens is 4. The van der Waals surface area contributed by atoms with Gasteiger partial charge in [0.05, 0.1) is 29.9 Å². The van der Waals surface area contributed by atoms with E-state index in [0.29, 0.717) is 42.7 Å². The Morgan fingerprint density at radius 3 is 2.83 bits per heavy atom. The Morgan fingerprint density at radius 2 is 2.12 bits per heavy atom. The Labute approximate surface area is 234 Å². The van der Waals surface area contributed by atoms with E-state index in [-0.39, 0.29) is 59.3 Å². The van der Waals surface area contributed by atoms with Crippen LogP contribution >= 0.6 is 11.8 Å². The lowest BCUT2D eigenvalue weighted by atomic mass is 9.78. The summed E-state index contributed by atoms with van der Waals surface area (Å²) in [6.07, 6.45) is 2.62. The molecule has 3 fully saturated rings. The number of thioether (sulfide) groups is 1. The number of aliphatic carboxylic acids is 1. The van der Waals surface area contributed by atoms with Crippen LogP contribution in [-0.4, -0.2) is 114 Å². The van der Waals surface area contributed by atoms with Crippen molar-refractivity contribution in [3.63, 3.8) is 0 Å². The molecule has 0 spiro atoms. The molecule has 0 saturated carbocycles. The van der Waals surface area contributed by atoms with Crippen molar-refractivity contribution in [3.05, 3.63) is 16.9 Å². The first-order valence-corrected chi connectivity index (χ1v) is 14.3. The SMILES string of the molecule is C[C@@H](NC(=O)Cn1cnnn1)[C@H]1C(=O)N2C(C(=O)O)=C(SC3CNC(C(=O)N4C[C@@H]5CC(N)=N[C@@H]5C4)C3)[C@H](C)[C@H]12. The van der Waals surface area contributed by atoms with Crippen molar-refractivity contribution in [1.29, 1.82) is 0 Å². The number of carboxylic acid groups (broad SMARTS) is 1. The van der Waals surface area contributed by atoms with Crippen LogP contribution in [-0.2, 0) is 25.7 Å². The van der Waals surface area contributed by atoms with Crippen LogP contribution in [0.2, 0.25) is 0 Å². The van der Waals surface area contributed by atoms with Crippen LogP contribution in [0.15, 0.2) is 21.9 Å². The van der Waals surface area contributed by atoms with Crippen molar-refractivity contribution in [2.45, 2.75) is 62.7 Å². The number of likely N-dealkylation sites (tertiary alicyclic amines) is 1. The van der Waals surface area contributed by atoms with Crippen LogP contribution in [0.1, 0.15) is 26.7 Å². The molecular weight excluding hydrogens is 540 g/mol. The van der Waals surface area contributed by atoms with Gasteiger partial charge in [-0.15, -0.1) is 16.9 Å². The highest BCUT2D eigenvalue weighted by molar-refractivity contribution is 8.03. The minimum Gasteiger partial charge on any atom is -0.477 e. The summed E-state index contributed by atoms with van der Waals surface area (Å²) in [5.74, 6) is -1.60. The van der Waals surface area contributed by atoms with Gasteiger partial charge in [0.15, 0.2) is 0 Å². The second kappa shape index (κ2) is 10.1. The van der Waals surface area contributed by atoms with Gasteiger partial charge in [-0.3, -0.25) is 19.4 Å². The van der Waals surface area contributed by atoms with E-state index in [1.165, 1.54) is 27.7 Å². The number of hydrogen-bond acceptors (Lipinski definition) is 11. The van der Waals surface area contributed by atoms with E-state index in [1.54, 1.807) is 6.92 Å². The molecule has 1 aromatic rings. The molecule has 6 rings (SSSR count). The number of amides is 3. The van der Waals surface area contributed by atoms with Gasteiger partial charge in [0.25, 0.3) is 0 Å². The van der Waals surface area contributed by atoms with E-state index in [4.69, 9.17) is 5.73 Å². The molecule has 0 aromatic carbocycles. The summed E-state index contributed by atoms with van der Waals surface area (Å²) in [5.41, 5.74) is 5.85. The highest BCUT2D eigenvalue weighted by Crippen LogP contribution is 2.52. The molecular formula is C24H32N10O5S. The highest BCUT2D eigenvalue weighted by Gasteiger charge is 2.60. The molecule has 2 unspecified atom stereocenters. The van der Waals surface area contributed by atoms with E-state index >= 15 is 0 Å². The fourth-order valence-electron chi connectivity index (χ4n) is 6.78. The molecule has 0 radical (unpaired) electrons. The Kier molecular flexibility index (Phi) is 6.76. The van der Waals surface area contributed by atoms with E-state index in [0.717, 1.165) is 6.42 Å². The van der Waals surface area contributed by atoms with Crippen LogP contribution in [0.25, 0.3) is 0 Å². The number of carbonyl (C=O) groups excluding carboxylic acids is 3. The minimum absolute atomic E-state index is 0.00793. The number of carbonyl (C=O) groups is 4. The smallest absolute Gasteiger partial charge is 0.353 e. The van der Waals surface area contributed by atoms with Crippen molar-refractivity contribution in [3.8, 4) is 0 Å². The number of nitrogens with zero attached hydrogens (tertiary/aromatic N) is 7. The van der Waals surface area contributed by atoms with E-state index in [1.807, 2.05) is 11.8 Å². The fourth-order valence-corrected chi connectivity index (χ4v) is 8.26. The Hall–Kier alpha value is -3.53. The van der Waals surface area contributed by atoms with Crippen molar-refractivity contribution in [1.82, 2.24) is 40.6 Å². The summed E-state index contributed by atoms with van der Waals surface area (Å²) in [6.45, 7) is 5.37. The number of rotatable bonds is 8. The van der Waals surface area contributed by atoms with Crippen molar-refractivity contribution >= 4 is 41.3 Å². The Balaban J connectivity index is 1.09. The third-order valence-electron chi connectivity index (χ3n) is 8.62. The number of fused-ring (bicyclic) bond motifs is 2. The van der Waals surface area contributed by atoms with Crippen LogP contribution in [0, 0.1) is 17.8 Å². The summed E-state index contributed by atoms with van der Waals surface area (Å²) in [5, 5.41) is 26.9. The molecule has 6 heterocycles. The minimum atomic E-state index is -1.15. The number of β-lactam (4-membered cyclic amide) rings is 1. The van der Waals surface area contributed by atoms with Gasteiger partial charge in [0, 0.05) is 54.1 Å². The number of aliphatic imine (C=N–C) groups is 1. The average Bonchev–Trinajstić information content (AvgIpc) is 3.70. The van der Waals surface area contributed by atoms with Crippen LogP contribution in [0.3, 0.4) is 0 Å². The predicted octanol–water partition coefficient (Wildman–Crippen LogP) is -2.00. The Bertz CT molecular complexity index is 1300. The quantitative estimate of drug-likeness (QED) is 0.251. The summed E-state index contributed by atoms with van der Waals surface area (Å²) in [6, 6.07) is -1.13. The number of nitrogens with one attached hydrogen (secondary N) is 2. The number of hydrogen-bond donors (Lipinski definition) is 4. The van der Waals surface area contributed by atoms with Crippen LogP contribution in [0.4, 0.5) is 0 Å². The van der Waals surface area contributed by atoms with Crippen LogP contribution in [0.5, 0.6) is 0 Å². The van der Waals surface area contributed by atoms with Gasteiger partial charge in [-0.2, -0.15) is 0 Å². The van der Waals surface area contributed by atoms with Crippen LogP contribution < -0.4 is 16.4 Å². The molecule has 15 nitrogen and oxygen atoms in total. The lowest BCUT2D eigenvalue weighted by molar-refractivity contribution is -0.158. The van der Waals surface area contributed by atoms with Crippen molar-refractivity contribution in [2.75, 3.05) is 19.6 Å². The number of carboxylic acids is 1. The normalized spacial score (nSPS) is 33.5. The monoisotopic (exact) mass is 572 g/mol. The van der Waals surface area contributed by atoms with Crippen molar-refractivity contribution < 1.29 is 24.3 Å². The van der Waals surface area contributed by atoms with Gasteiger partial charge in [0.2, 0.25) is 17.7 Å². The Morgan fingerprint density at radius 1 is 1.32 bits per heavy atom. The molecule has 40 heavy (non-hydrogen) atoms. The van der Waals surface area contributed by atoms with Gasteiger partial charge in [-0.05, 0) is 23.8 Å². The standard InChI is InChI=1S/C24H32N10O5S/c1-10-19-18(11(2)28-17(35)8-33-9-27-30-31-33)23(37)34(19)20(24(38)39)21(10)40-13-4-14(26-5-13)22(36)32-6-12-3-16(25)29-15(12)7-32/h9-15,18-19,26H,3-8H2,1-2H3,(H2,25,29)(H,28,35)(H,38,39)/t10-,11-,12+,13?,14?,15-,18-,19-/m1/s1. The molecule has 16 heteroatoms. The fraction of sp³-hybridized carbons (Fsp3) is 0.667. The number of nitrogens with two attached hydrogens (primary N) is 1. The summed E-state index contributed by atoms with van der Waals surface area (Å²) in [4.78, 5) is 59.5. The van der Waals surface area contributed by atoms with E-state index < -0.39 is 17.9 Å². The third kappa shape index (κ3) is 4.52. The molecule has 5 aliphatic rings. The summed E-state index contributed by atoms with van der Waals surface area (Å²) in [7, 11) is 0. The first-order chi connectivity index (χ1) is 19.1. The van der Waals surface area contributed by atoms with E-state index in [9.17, 15) is 24.3 Å². The zero-order valence-electron chi connectivity index (χ0n) is 22.1. The van der Waals surface area contributed by atoms with Gasteiger partial charge in [-0.25, -0.2) is 9.48 Å². The van der Waals surface area contributed by atoms with Gasteiger partial charge in [0.1, 0.15) is 18.6 Å². The predicted molar refractivity (Wildman–Crippen MR) is 141 cm³/mol. The lowest BCUT2D eigenvalue weighted by Gasteiger charge is -2.47. The first-order valence-electron chi connectivity index (χ1n) is 13.4. The second-order valence-corrected chi connectivity index (χ2v) is 12.6. The lowest BCUT2D eigenvalue weighted by Crippen LogP contribution is -2.66. The zero-order chi connectivity index (χ0) is 28.3. The van der Waals surface area contributed by atoms with Gasteiger partial charge < -0.3 is 31.3 Å². The maximum atomic E-state index is 13.2. The summed E-state index contributed by atoms with van der Waals surface area (Å²) >= 11 is 1.44. The molecule has 3 amide bonds. The van der Waals surface area contributed by atoms with E-state index in [2.05, 4.69) is 31.2 Å². The zero-order valence-corrected chi connectivity index (χ0v) is 23.0. The van der Waals surface area contributed by atoms with Gasteiger partial charge >= 0.3 is 5.97 Å². The topological polar surface area (TPSA) is 201 Å². The molecule has 214 valence electrons. The summed E-state index contributed by atoms with van der Waals surface area (Å²) < 4.78 is 1.28. The first kappa shape index (κ1) is 26.7.